The molecule has 0 N–H and O–H groups in total. The number of hydrogen-bond donors (Lipinski definition) is 0. The number of nitrogens with zero attached hydrogens (tertiary/aromatic N) is 5. The number of anilines is 2. The van der Waals surface area contributed by atoms with Crippen molar-refractivity contribution in [2.24, 2.45) is 5.10 Å². The Morgan fingerprint density at radius 3 is 1.73 bits per heavy atom. The minimum Gasteiger partial charge on any atom is -0.509 e. The Labute approximate surface area is 294 Å². The summed E-state index contributed by atoms with van der Waals surface area (Å²) in [7, 11) is 0. The molecule has 0 saturated carbocycles. The van der Waals surface area contributed by atoms with Crippen LogP contribution in [-0.2, 0) is 21.1 Å². The molecule has 0 atom stereocenters. The Morgan fingerprint density at radius 1 is 0.542 bits per heavy atom. The van der Waals surface area contributed by atoms with E-state index < -0.39 is 0 Å². The molecule has 2 heterocycles. The van der Waals surface area contributed by atoms with Crippen LogP contribution in [0.25, 0.3) is 28.1 Å². The summed E-state index contributed by atoms with van der Waals surface area (Å²) >= 11 is 0. The van der Waals surface area contributed by atoms with Crippen molar-refractivity contribution in [3.63, 3.8) is 0 Å². The molecule has 8 rings (SSSR count). The molecule has 0 bridgehead atoms. The Hall–Kier alpha value is -5.71. The summed E-state index contributed by atoms with van der Waals surface area (Å²) in [5.41, 5.74) is 7.63. The Morgan fingerprint density at radius 2 is 1.08 bits per heavy atom. The van der Waals surface area contributed by atoms with Crippen molar-refractivity contribution in [3.05, 3.63) is 188 Å². The Bertz CT molecular complexity index is 2100. The van der Waals surface area contributed by atoms with Crippen molar-refractivity contribution < 1.29 is 25.8 Å². The third-order valence-corrected chi connectivity index (χ3v) is 7.79. The van der Waals surface area contributed by atoms with E-state index in [-0.39, 0.29) is 21.1 Å². The van der Waals surface area contributed by atoms with E-state index >= 15 is 0 Å². The fourth-order valence-corrected chi connectivity index (χ4v) is 5.53. The maximum Gasteiger partial charge on any atom is 0.129 e. The smallest absolute Gasteiger partial charge is 0.129 e. The topological polar surface area (TPSA) is 45.9 Å². The van der Waals surface area contributed by atoms with Gasteiger partial charge in [0.1, 0.15) is 11.5 Å². The predicted octanol–water partition coefficient (Wildman–Crippen LogP) is 9.40. The third kappa shape index (κ3) is 6.44. The van der Waals surface area contributed by atoms with Gasteiger partial charge in [0.2, 0.25) is 0 Å². The van der Waals surface area contributed by atoms with Crippen LogP contribution in [-0.4, -0.2) is 15.6 Å². The van der Waals surface area contributed by atoms with Crippen molar-refractivity contribution in [1.82, 2.24) is 9.78 Å². The average molecular weight is 802 g/mol. The number of benzene rings is 6. The van der Waals surface area contributed by atoms with Gasteiger partial charge < -0.3 is 14.6 Å². The van der Waals surface area contributed by atoms with Gasteiger partial charge in [-0.3, -0.25) is 4.68 Å². The van der Waals surface area contributed by atoms with Gasteiger partial charge in [0.15, 0.2) is 0 Å². The van der Waals surface area contributed by atoms with E-state index in [1.54, 1.807) is 0 Å². The van der Waals surface area contributed by atoms with Crippen molar-refractivity contribution in [2.75, 3.05) is 9.91 Å². The van der Waals surface area contributed by atoms with Crippen molar-refractivity contribution >= 4 is 17.2 Å². The summed E-state index contributed by atoms with van der Waals surface area (Å²) in [4.78, 5) is 2.07. The maximum atomic E-state index is 6.32. The standard InChI is InChI=1S/C41H28N5O.Pt/c1-5-15-31(16-6-1)39-29-45(42-40(39)32-17-7-2-8-18-32)35-23-13-25-37(27-35)47-38-26-14-24-36(28-38)46-30-44(34-21-11-4-12-22-34)41(43-46)33-19-9-3-10-20-33;/h1-26,29-30H;/q-3;. The molecule has 0 aliphatic carbocycles. The molecular formula is C41H28N5OPt-3. The van der Waals surface area contributed by atoms with E-state index in [1.807, 2.05) is 132 Å². The normalized spacial score (nSPS) is 12.4. The molecule has 0 amide bonds. The SMILES string of the molecule is [Pt].[c-]1c(Oc2[c-]c(-n3cc(-c4ccccc4)c(-c4ccccc4)n3)ccc2)cccc1N1[CH-]N(c2ccccc2)C(c2ccccc2)=N1. The molecule has 0 radical (unpaired) electrons. The summed E-state index contributed by atoms with van der Waals surface area (Å²) < 4.78 is 8.17. The molecule has 6 nitrogen and oxygen atoms in total. The molecule has 0 unspecified atom stereocenters. The second-order valence-corrected chi connectivity index (χ2v) is 10.9. The first-order valence-electron chi connectivity index (χ1n) is 15.3. The number of rotatable bonds is 8. The van der Waals surface area contributed by atoms with Crippen LogP contribution < -0.4 is 14.6 Å². The predicted molar refractivity (Wildman–Crippen MR) is 187 cm³/mol. The van der Waals surface area contributed by atoms with E-state index in [9.17, 15) is 0 Å². The van der Waals surface area contributed by atoms with Gasteiger partial charge in [-0.1, -0.05) is 115 Å². The number of ether oxygens (including phenoxy) is 1. The largest absolute Gasteiger partial charge is 0.509 e. The van der Waals surface area contributed by atoms with E-state index in [1.165, 1.54) is 0 Å². The minimum absolute atomic E-state index is 0. The van der Waals surface area contributed by atoms with Gasteiger partial charge in [0.25, 0.3) is 0 Å². The van der Waals surface area contributed by atoms with Gasteiger partial charge in [-0.25, -0.2) is 0 Å². The van der Waals surface area contributed by atoms with Gasteiger partial charge in [-0.2, -0.15) is 22.3 Å². The molecule has 7 aromatic rings. The molecule has 48 heavy (non-hydrogen) atoms. The molecule has 0 fully saturated rings. The average Bonchev–Trinajstić information content (AvgIpc) is 3.80. The molecule has 0 spiro atoms. The number of para-hydroxylation sites is 1. The summed E-state index contributed by atoms with van der Waals surface area (Å²) in [5.74, 6) is 1.93. The van der Waals surface area contributed by atoms with Gasteiger partial charge >= 0.3 is 0 Å². The molecular weight excluding hydrogens is 774 g/mol. The molecule has 1 aromatic heterocycles. The van der Waals surface area contributed by atoms with Gasteiger partial charge in [0.05, 0.1) is 0 Å². The number of aromatic nitrogens is 2. The van der Waals surface area contributed by atoms with Crippen molar-refractivity contribution in [1.29, 1.82) is 0 Å². The van der Waals surface area contributed by atoms with Crippen molar-refractivity contribution in [2.45, 2.75) is 0 Å². The van der Waals surface area contributed by atoms with E-state index in [2.05, 4.69) is 65.6 Å². The number of amidine groups is 1. The van der Waals surface area contributed by atoms with Crippen LogP contribution in [0, 0.1) is 18.8 Å². The quantitative estimate of drug-likeness (QED) is 0.144. The zero-order valence-electron chi connectivity index (χ0n) is 25.6. The third-order valence-electron chi connectivity index (χ3n) is 7.79. The van der Waals surface area contributed by atoms with E-state index in [0.29, 0.717) is 11.5 Å². The molecule has 0 saturated heterocycles. The summed E-state index contributed by atoms with van der Waals surface area (Å²) in [5, 5.41) is 11.8. The second-order valence-electron chi connectivity index (χ2n) is 10.9. The van der Waals surface area contributed by atoms with Crippen LogP contribution in [0.1, 0.15) is 5.56 Å². The van der Waals surface area contributed by atoms with Crippen LogP contribution >= 0.6 is 0 Å². The summed E-state index contributed by atoms with van der Waals surface area (Å²) in [6, 6.07) is 59.2. The van der Waals surface area contributed by atoms with Crippen LogP contribution in [0.3, 0.4) is 0 Å². The van der Waals surface area contributed by atoms with Crippen LogP contribution in [0.4, 0.5) is 11.4 Å². The molecule has 1 aliphatic rings. The van der Waals surface area contributed by atoms with Crippen LogP contribution in [0.2, 0.25) is 0 Å². The first-order chi connectivity index (χ1) is 23.3. The van der Waals surface area contributed by atoms with Gasteiger partial charge in [-0.15, -0.1) is 43.1 Å². The van der Waals surface area contributed by atoms with Crippen LogP contribution in [0.5, 0.6) is 11.5 Å². The van der Waals surface area contributed by atoms with E-state index in [0.717, 1.165) is 50.8 Å². The number of hydrazone groups is 1. The fraction of sp³-hybridized carbons (Fsp3) is 0. The zero-order valence-corrected chi connectivity index (χ0v) is 27.9. The first kappa shape index (κ1) is 30.9. The van der Waals surface area contributed by atoms with E-state index in [4.69, 9.17) is 14.9 Å². The Balaban J connectivity index is 0.00000364. The Kier molecular flexibility index (Phi) is 8.99. The van der Waals surface area contributed by atoms with Crippen LogP contribution in [0.15, 0.2) is 169 Å². The number of hydrogen-bond acceptors (Lipinski definition) is 5. The first-order valence-corrected chi connectivity index (χ1v) is 15.3. The zero-order chi connectivity index (χ0) is 31.4. The monoisotopic (exact) mass is 801 g/mol. The minimum atomic E-state index is 0. The maximum absolute atomic E-state index is 6.32. The molecule has 7 heteroatoms. The summed E-state index contributed by atoms with van der Waals surface area (Å²) in [6.07, 6.45) is 2.05. The fourth-order valence-electron chi connectivity index (χ4n) is 5.53. The molecule has 236 valence electrons. The van der Waals surface area contributed by atoms with Crippen molar-refractivity contribution in [3.8, 4) is 39.6 Å². The van der Waals surface area contributed by atoms with Gasteiger partial charge in [-0.05, 0) is 23.4 Å². The second kappa shape index (κ2) is 14.0. The molecule has 6 aromatic carbocycles. The molecule has 1 aliphatic heterocycles. The van der Waals surface area contributed by atoms with Gasteiger partial charge in [0, 0.05) is 61.1 Å². The summed E-state index contributed by atoms with van der Waals surface area (Å²) in [6.45, 7) is 1.96.